The second kappa shape index (κ2) is 5.60. The Morgan fingerprint density at radius 1 is 1.53 bits per heavy atom. The average molecular weight is 265 g/mol. The molecule has 6 nitrogen and oxygen atoms in total. The monoisotopic (exact) mass is 265 g/mol. The van der Waals surface area contributed by atoms with Gasteiger partial charge in [-0.1, -0.05) is 0 Å². The average Bonchev–Trinajstić information content (AvgIpc) is 2.81. The number of Topliss-reactive ketones (excluding diaryl/α,β-unsaturated/α-hetero) is 1. The Kier molecular flexibility index (Phi) is 3.89. The van der Waals surface area contributed by atoms with Gasteiger partial charge in [-0.25, -0.2) is 4.79 Å². The molecule has 0 saturated carbocycles. The minimum atomic E-state index is -0.453. The van der Waals surface area contributed by atoms with E-state index < -0.39 is 6.09 Å². The normalized spacial score (nSPS) is 17.6. The van der Waals surface area contributed by atoms with Crippen molar-refractivity contribution in [3.8, 4) is 11.5 Å². The van der Waals surface area contributed by atoms with Crippen LogP contribution in [0.15, 0.2) is 18.2 Å². The summed E-state index contributed by atoms with van der Waals surface area (Å²) in [6.07, 6.45) is -0.801. The Morgan fingerprint density at radius 3 is 2.89 bits per heavy atom. The van der Waals surface area contributed by atoms with E-state index in [0.29, 0.717) is 23.6 Å². The smallest absolute Gasteiger partial charge is 0.407 e. The van der Waals surface area contributed by atoms with Crippen LogP contribution in [0.2, 0.25) is 0 Å². The summed E-state index contributed by atoms with van der Waals surface area (Å²) in [6.45, 7) is 2.05. The van der Waals surface area contributed by atoms with Gasteiger partial charge in [-0.15, -0.1) is 0 Å². The molecular formula is C13H15NO5. The summed E-state index contributed by atoms with van der Waals surface area (Å²) in [5.41, 5.74) is 0.470. The van der Waals surface area contributed by atoms with Crippen LogP contribution in [0, 0.1) is 0 Å². The van der Waals surface area contributed by atoms with Crippen LogP contribution in [-0.4, -0.2) is 38.2 Å². The second-order valence-electron chi connectivity index (χ2n) is 4.14. The lowest BCUT2D eigenvalue weighted by atomic mass is 10.1. The van der Waals surface area contributed by atoms with Crippen molar-refractivity contribution in [3.05, 3.63) is 23.8 Å². The van der Waals surface area contributed by atoms with Crippen LogP contribution >= 0.6 is 0 Å². The van der Waals surface area contributed by atoms with Crippen LogP contribution in [0.5, 0.6) is 11.5 Å². The molecule has 0 aliphatic carbocycles. The molecule has 1 atom stereocenters. The Hall–Kier alpha value is -2.24. The van der Waals surface area contributed by atoms with E-state index in [-0.39, 0.29) is 18.5 Å². The first-order valence-corrected chi connectivity index (χ1v) is 5.86. The number of rotatable bonds is 5. The van der Waals surface area contributed by atoms with Gasteiger partial charge in [0.2, 0.25) is 0 Å². The first-order valence-electron chi connectivity index (χ1n) is 5.86. The molecule has 1 aromatic carbocycles. The van der Waals surface area contributed by atoms with E-state index in [1.165, 1.54) is 14.0 Å². The van der Waals surface area contributed by atoms with Crippen molar-refractivity contribution in [3.63, 3.8) is 0 Å². The lowest BCUT2D eigenvalue weighted by Gasteiger charge is -2.13. The van der Waals surface area contributed by atoms with Gasteiger partial charge in [-0.3, -0.25) is 4.79 Å². The number of methoxy groups -OCH3 is 1. The van der Waals surface area contributed by atoms with Gasteiger partial charge in [-0.05, 0) is 19.1 Å². The van der Waals surface area contributed by atoms with Crippen molar-refractivity contribution in [2.24, 2.45) is 0 Å². The number of nitrogens with one attached hydrogen (secondary N) is 1. The summed E-state index contributed by atoms with van der Waals surface area (Å²) in [5, 5.41) is 2.53. The van der Waals surface area contributed by atoms with Gasteiger partial charge in [0.15, 0.2) is 11.9 Å². The quantitative estimate of drug-likeness (QED) is 0.814. The fourth-order valence-electron chi connectivity index (χ4n) is 1.75. The van der Waals surface area contributed by atoms with Gasteiger partial charge >= 0.3 is 6.09 Å². The number of benzene rings is 1. The van der Waals surface area contributed by atoms with Crippen LogP contribution in [0.3, 0.4) is 0 Å². The van der Waals surface area contributed by atoms with Gasteiger partial charge in [0.25, 0.3) is 0 Å². The molecule has 0 aromatic heterocycles. The van der Waals surface area contributed by atoms with Gasteiger partial charge in [-0.2, -0.15) is 0 Å². The number of carbonyl (C=O) groups excluding carboxylic acids is 2. The van der Waals surface area contributed by atoms with Crippen LogP contribution < -0.4 is 14.8 Å². The van der Waals surface area contributed by atoms with Crippen molar-refractivity contribution in [2.45, 2.75) is 13.0 Å². The molecule has 0 bridgehead atoms. The molecule has 6 heteroatoms. The molecule has 102 valence electrons. The molecule has 1 aliphatic heterocycles. The molecule has 1 aliphatic rings. The highest BCUT2D eigenvalue weighted by molar-refractivity contribution is 5.97. The van der Waals surface area contributed by atoms with Crippen LogP contribution in [-0.2, 0) is 4.74 Å². The van der Waals surface area contributed by atoms with Crippen LogP contribution in [0.25, 0.3) is 0 Å². The van der Waals surface area contributed by atoms with E-state index in [4.69, 9.17) is 14.2 Å². The molecule has 1 N–H and O–H groups in total. The summed E-state index contributed by atoms with van der Waals surface area (Å²) in [6, 6.07) is 4.98. The van der Waals surface area contributed by atoms with Gasteiger partial charge in [0, 0.05) is 6.07 Å². The number of carbonyl (C=O) groups is 2. The number of alkyl carbamates (subject to hydrolysis) is 1. The molecule has 1 aromatic rings. The molecule has 0 radical (unpaired) electrons. The third-order valence-electron chi connectivity index (χ3n) is 2.74. The third-order valence-corrected chi connectivity index (χ3v) is 2.74. The molecule has 1 unspecified atom stereocenters. The third kappa shape index (κ3) is 3.15. The summed E-state index contributed by atoms with van der Waals surface area (Å²) in [5.74, 6) is 0.926. The van der Waals surface area contributed by atoms with E-state index in [2.05, 4.69) is 5.32 Å². The van der Waals surface area contributed by atoms with Crippen LogP contribution in [0.4, 0.5) is 4.79 Å². The summed E-state index contributed by atoms with van der Waals surface area (Å²) in [7, 11) is 1.54. The molecule has 2 rings (SSSR count). The Morgan fingerprint density at radius 2 is 2.32 bits per heavy atom. The SMILES string of the molecule is COc1ccc(C(C)=O)c(OCC2CNC(=O)O2)c1. The van der Waals surface area contributed by atoms with Crippen LogP contribution in [0.1, 0.15) is 17.3 Å². The maximum absolute atomic E-state index is 11.5. The fourth-order valence-corrected chi connectivity index (χ4v) is 1.75. The van der Waals surface area contributed by atoms with Gasteiger partial charge in [0.05, 0.1) is 19.2 Å². The Labute approximate surface area is 110 Å². The number of ketones is 1. The summed E-state index contributed by atoms with van der Waals surface area (Å²) in [4.78, 5) is 22.4. The van der Waals surface area contributed by atoms with Crippen molar-refractivity contribution < 1.29 is 23.8 Å². The standard InChI is InChI=1S/C13H15NO5/c1-8(15)11-4-3-9(17-2)5-12(11)18-7-10-6-14-13(16)19-10/h3-5,10H,6-7H2,1-2H3,(H,14,16). The minimum Gasteiger partial charge on any atom is -0.497 e. The predicted molar refractivity (Wildman–Crippen MR) is 66.8 cm³/mol. The molecular weight excluding hydrogens is 250 g/mol. The second-order valence-corrected chi connectivity index (χ2v) is 4.14. The van der Waals surface area contributed by atoms with Crippen molar-refractivity contribution in [1.82, 2.24) is 5.32 Å². The molecule has 19 heavy (non-hydrogen) atoms. The number of amides is 1. The predicted octanol–water partition coefficient (Wildman–Crippen LogP) is 1.39. The molecule has 1 saturated heterocycles. The van der Waals surface area contributed by atoms with E-state index in [1.807, 2.05) is 0 Å². The molecule has 1 heterocycles. The van der Waals surface area contributed by atoms with E-state index in [1.54, 1.807) is 18.2 Å². The zero-order valence-electron chi connectivity index (χ0n) is 10.8. The first-order chi connectivity index (χ1) is 9.10. The van der Waals surface area contributed by atoms with Gasteiger partial charge < -0.3 is 19.5 Å². The molecule has 1 fully saturated rings. The lowest BCUT2D eigenvalue weighted by molar-refractivity contribution is 0.0973. The Bertz CT molecular complexity index is 500. The zero-order chi connectivity index (χ0) is 13.8. The highest BCUT2D eigenvalue weighted by Crippen LogP contribution is 2.25. The highest BCUT2D eigenvalue weighted by Gasteiger charge is 2.23. The molecule has 0 spiro atoms. The highest BCUT2D eigenvalue weighted by atomic mass is 16.6. The molecule has 1 amide bonds. The lowest BCUT2D eigenvalue weighted by Crippen LogP contribution is -2.22. The number of hydrogen-bond acceptors (Lipinski definition) is 5. The van der Waals surface area contributed by atoms with E-state index >= 15 is 0 Å². The van der Waals surface area contributed by atoms with E-state index in [0.717, 1.165) is 0 Å². The fraction of sp³-hybridized carbons (Fsp3) is 0.385. The van der Waals surface area contributed by atoms with Crippen molar-refractivity contribution in [1.29, 1.82) is 0 Å². The van der Waals surface area contributed by atoms with E-state index in [9.17, 15) is 9.59 Å². The largest absolute Gasteiger partial charge is 0.497 e. The number of ether oxygens (including phenoxy) is 3. The summed E-state index contributed by atoms with van der Waals surface area (Å²) < 4.78 is 15.6. The van der Waals surface area contributed by atoms with Gasteiger partial charge in [0.1, 0.15) is 18.1 Å². The maximum Gasteiger partial charge on any atom is 0.407 e. The maximum atomic E-state index is 11.5. The first kappa shape index (κ1) is 13.2. The number of hydrogen-bond donors (Lipinski definition) is 1. The Balaban J connectivity index is 2.08. The zero-order valence-corrected chi connectivity index (χ0v) is 10.8. The minimum absolute atomic E-state index is 0.0980. The van der Waals surface area contributed by atoms with Crippen molar-refractivity contribution >= 4 is 11.9 Å². The van der Waals surface area contributed by atoms with Crippen molar-refractivity contribution in [2.75, 3.05) is 20.3 Å². The summed E-state index contributed by atoms with van der Waals surface area (Å²) >= 11 is 0. The number of cyclic esters (lactones) is 1. The topological polar surface area (TPSA) is 73.9 Å².